The van der Waals surface area contributed by atoms with Crippen LogP contribution >= 0.6 is 11.3 Å². The van der Waals surface area contributed by atoms with Crippen molar-refractivity contribution in [2.24, 2.45) is 0 Å². The van der Waals surface area contributed by atoms with E-state index in [-0.39, 0.29) is 12.4 Å². The highest BCUT2D eigenvalue weighted by Gasteiger charge is 2.23. The van der Waals surface area contributed by atoms with E-state index < -0.39 is 11.9 Å². The zero-order valence-electron chi connectivity index (χ0n) is 15.4. The number of aromatic nitrogens is 1. The Morgan fingerprint density at radius 3 is 2.79 bits per heavy atom. The van der Waals surface area contributed by atoms with Crippen molar-refractivity contribution >= 4 is 29.0 Å². The number of benzene rings is 1. The van der Waals surface area contributed by atoms with Crippen LogP contribution in [0.15, 0.2) is 34.9 Å². The van der Waals surface area contributed by atoms with Crippen LogP contribution in [0.5, 0.6) is 5.75 Å². The molecule has 0 fully saturated rings. The minimum Gasteiger partial charge on any atom is -0.497 e. The van der Waals surface area contributed by atoms with Gasteiger partial charge in [-0.05, 0) is 60.7 Å². The monoisotopic (exact) mass is 398 g/mol. The molecule has 0 unspecified atom stereocenters. The summed E-state index contributed by atoms with van der Waals surface area (Å²) in [6.07, 6.45) is 1.75. The topological polar surface area (TPSA) is 90.7 Å². The lowest BCUT2D eigenvalue weighted by molar-refractivity contribution is -0.119. The number of carbonyl (C=O) groups is 2. The molecular weight excluding hydrogens is 380 g/mol. The van der Waals surface area contributed by atoms with Gasteiger partial charge in [0.25, 0.3) is 5.91 Å². The molecule has 0 saturated heterocycles. The molecule has 2 heterocycles. The van der Waals surface area contributed by atoms with E-state index in [0.29, 0.717) is 10.6 Å². The minimum absolute atomic E-state index is 0.289. The zero-order valence-corrected chi connectivity index (χ0v) is 16.2. The predicted octanol–water partition coefficient (Wildman–Crippen LogP) is 3.61. The minimum atomic E-state index is -0.513. The third-order valence-electron chi connectivity index (χ3n) is 4.46. The summed E-state index contributed by atoms with van der Waals surface area (Å²) >= 11 is 1.38. The molecule has 1 aliphatic rings. The number of nitrogens with zero attached hydrogens (tertiary/aromatic N) is 1. The normalized spacial score (nSPS) is 12.1. The Balaban J connectivity index is 1.43. The number of methoxy groups -OCH3 is 1. The van der Waals surface area contributed by atoms with Crippen molar-refractivity contribution in [2.45, 2.75) is 19.8 Å². The van der Waals surface area contributed by atoms with Crippen LogP contribution in [0.25, 0.3) is 10.4 Å². The van der Waals surface area contributed by atoms with E-state index in [2.05, 4.69) is 10.5 Å². The fourth-order valence-electron chi connectivity index (χ4n) is 3.14. The summed E-state index contributed by atoms with van der Waals surface area (Å²) in [5, 5.41) is 6.18. The molecule has 1 N–H and O–H groups in total. The van der Waals surface area contributed by atoms with Crippen molar-refractivity contribution in [3.63, 3.8) is 0 Å². The van der Waals surface area contributed by atoms with Gasteiger partial charge >= 0.3 is 5.97 Å². The second-order valence-corrected chi connectivity index (χ2v) is 7.49. The van der Waals surface area contributed by atoms with Gasteiger partial charge in [-0.15, -0.1) is 11.3 Å². The number of aryl methyl sites for hydroxylation is 3. The molecule has 1 aliphatic carbocycles. The van der Waals surface area contributed by atoms with Gasteiger partial charge < -0.3 is 19.3 Å². The second-order valence-electron chi connectivity index (χ2n) is 6.44. The molecule has 1 aromatic carbocycles. The Morgan fingerprint density at radius 1 is 1.21 bits per heavy atom. The molecular formula is C20H18N2O5S. The highest BCUT2D eigenvalue weighted by atomic mass is 32.1. The smallest absolute Gasteiger partial charge is 0.348 e. The number of ether oxygens (including phenoxy) is 2. The number of anilines is 1. The molecule has 28 heavy (non-hydrogen) atoms. The van der Waals surface area contributed by atoms with Gasteiger partial charge in [-0.2, -0.15) is 0 Å². The largest absolute Gasteiger partial charge is 0.497 e. The molecule has 8 heteroatoms. The maximum absolute atomic E-state index is 12.4. The van der Waals surface area contributed by atoms with Crippen LogP contribution < -0.4 is 10.1 Å². The maximum Gasteiger partial charge on any atom is 0.348 e. The van der Waals surface area contributed by atoms with E-state index in [1.165, 1.54) is 16.9 Å². The molecule has 0 bridgehead atoms. The highest BCUT2D eigenvalue weighted by Crippen LogP contribution is 2.40. The first-order valence-electron chi connectivity index (χ1n) is 8.74. The Morgan fingerprint density at radius 2 is 2.04 bits per heavy atom. The van der Waals surface area contributed by atoms with Gasteiger partial charge in [-0.25, -0.2) is 4.79 Å². The molecule has 7 nitrogen and oxygen atoms in total. The van der Waals surface area contributed by atoms with Gasteiger partial charge in [0.15, 0.2) is 12.4 Å². The van der Waals surface area contributed by atoms with E-state index in [1.54, 1.807) is 20.1 Å². The first kappa shape index (κ1) is 18.2. The van der Waals surface area contributed by atoms with Gasteiger partial charge in [-0.1, -0.05) is 5.16 Å². The Hall–Kier alpha value is -3.13. The molecule has 0 radical (unpaired) electrons. The number of thiophene rings is 1. The van der Waals surface area contributed by atoms with Crippen molar-refractivity contribution < 1.29 is 23.6 Å². The summed E-state index contributed by atoms with van der Waals surface area (Å²) in [5.41, 5.74) is 3.44. The lowest BCUT2D eigenvalue weighted by Crippen LogP contribution is -2.20. The van der Waals surface area contributed by atoms with E-state index >= 15 is 0 Å². The van der Waals surface area contributed by atoms with Gasteiger partial charge in [0.2, 0.25) is 0 Å². The standard InChI is InChI=1S/C20H18N2O5S/c1-11-7-17(22-27-11)21-18(23)10-26-20(24)16-9-13-4-3-12-8-14(25-2)5-6-15(12)19(13)28-16/h5-9H,3-4,10H2,1-2H3,(H,21,22,23). The van der Waals surface area contributed by atoms with E-state index in [0.717, 1.165) is 34.6 Å². The molecule has 0 aliphatic heterocycles. The van der Waals surface area contributed by atoms with Crippen LogP contribution in [0.4, 0.5) is 5.82 Å². The van der Waals surface area contributed by atoms with Gasteiger partial charge in [0.05, 0.1) is 7.11 Å². The van der Waals surface area contributed by atoms with Gasteiger partial charge in [-0.3, -0.25) is 4.79 Å². The second kappa shape index (κ2) is 7.47. The Kier molecular flexibility index (Phi) is 4.87. The molecule has 3 aromatic rings. The van der Waals surface area contributed by atoms with Crippen molar-refractivity contribution in [1.82, 2.24) is 5.16 Å². The third-order valence-corrected chi connectivity index (χ3v) is 5.65. The van der Waals surface area contributed by atoms with E-state index in [4.69, 9.17) is 14.0 Å². The number of amides is 1. The van der Waals surface area contributed by atoms with Crippen molar-refractivity contribution in [3.05, 3.63) is 52.1 Å². The van der Waals surface area contributed by atoms with Crippen LogP contribution in [-0.4, -0.2) is 30.7 Å². The Bertz CT molecular complexity index is 1050. The van der Waals surface area contributed by atoms with Gasteiger partial charge in [0, 0.05) is 10.9 Å². The van der Waals surface area contributed by atoms with Crippen LogP contribution in [0.2, 0.25) is 0 Å². The number of hydrogen-bond donors (Lipinski definition) is 1. The molecule has 0 atom stereocenters. The Labute approximate surface area is 165 Å². The number of hydrogen-bond acceptors (Lipinski definition) is 7. The third kappa shape index (κ3) is 3.63. The summed E-state index contributed by atoms with van der Waals surface area (Å²) in [7, 11) is 1.65. The molecule has 144 valence electrons. The quantitative estimate of drug-likeness (QED) is 0.660. The number of nitrogens with one attached hydrogen (secondary N) is 1. The first-order valence-corrected chi connectivity index (χ1v) is 9.55. The van der Waals surface area contributed by atoms with Crippen LogP contribution in [-0.2, 0) is 22.4 Å². The molecule has 1 amide bonds. The summed E-state index contributed by atoms with van der Waals surface area (Å²) < 4.78 is 15.3. The summed E-state index contributed by atoms with van der Waals surface area (Å²) in [6.45, 7) is 1.33. The summed E-state index contributed by atoms with van der Waals surface area (Å²) in [5.74, 6) is 0.708. The van der Waals surface area contributed by atoms with Crippen LogP contribution in [0.3, 0.4) is 0 Å². The highest BCUT2D eigenvalue weighted by molar-refractivity contribution is 7.17. The summed E-state index contributed by atoms with van der Waals surface area (Å²) in [4.78, 5) is 25.8. The molecule has 2 aromatic heterocycles. The fourth-order valence-corrected chi connectivity index (χ4v) is 4.31. The predicted molar refractivity (Wildman–Crippen MR) is 104 cm³/mol. The lowest BCUT2D eigenvalue weighted by Gasteiger charge is -2.16. The summed E-state index contributed by atoms with van der Waals surface area (Å²) in [6, 6.07) is 9.41. The number of esters is 1. The number of carbonyl (C=O) groups excluding carboxylic acids is 2. The molecule has 0 spiro atoms. The van der Waals surface area contributed by atoms with Crippen LogP contribution in [0, 0.1) is 6.92 Å². The van der Waals surface area contributed by atoms with Crippen molar-refractivity contribution in [1.29, 1.82) is 0 Å². The van der Waals surface area contributed by atoms with Crippen molar-refractivity contribution in [2.75, 3.05) is 19.0 Å². The van der Waals surface area contributed by atoms with E-state index in [1.807, 2.05) is 24.3 Å². The average Bonchev–Trinajstić information content (AvgIpc) is 3.31. The zero-order chi connectivity index (χ0) is 19.7. The van der Waals surface area contributed by atoms with Gasteiger partial charge in [0.1, 0.15) is 16.4 Å². The number of rotatable bonds is 5. The maximum atomic E-state index is 12.4. The number of fused-ring (bicyclic) bond motifs is 3. The van der Waals surface area contributed by atoms with Crippen LogP contribution in [0.1, 0.15) is 26.6 Å². The lowest BCUT2D eigenvalue weighted by atomic mass is 9.91. The average molecular weight is 398 g/mol. The SMILES string of the molecule is COc1ccc2c(c1)CCc1cc(C(=O)OCC(=O)Nc3cc(C)on3)sc1-2. The van der Waals surface area contributed by atoms with E-state index in [9.17, 15) is 9.59 Å². The first-order chi connectivity index (χ1) is 13.5. The fraction of sp³-hybridized carbons (Fsp3) is 0.250. The van der Waals surface area contributed by atoms with Crippen molar-refractivity contribution in [3.8, 4) is 16.2 Å². The molecule has 4 rings (SSSR count). The molecule has 0 saturated carbocycles.